The van der Waals surface area contributed by atoms with Crippen LogP contribution in [-0.4, -0.2) is 12.1 Å². The molecule has 0 bridgehead atoms. The van der Waals surface area contributed by atoms with E-state index >= 15 is 0 Å². The van der Waals surface area contributed by atoms with E-state index in [0.717, 1.165) is 17.7 Å². The number of nitrogens with two attached hydrogens (primary N) is 1. The van der Waals surface area contributed by atoms with E-state index < -0.39 is 0 Å². The minimum absolute atomic E-state index is 0.105. The predicted molar refractivity (Wildman–Crippen MR) is 60.3 cm³/mol. The summed E-state index contributed by atoms with van der Waals surface area (Å²) < 4.78 is 5.26. The van der Waals surface area contributed by atoms with Gasteiger partial charge in [0.05, 0.1) is 19.3 Å². The van der Waals surface area contributed by atoms with Gasteiger partial charge in [-0.05, 0) is 12.0 Å². The zero-order valence-electron chi connectivity index (χ0n) is 9.53. The van der Waals surface area contributed by atoms with E-state index in [2.05, 4.69) is 24.3 Å². The maximum Gasteiger partial charge on any atom is 0.141 e. The van der Waals surface area contributed by atoms with Crippen molar-refractivity contribution in [2.45, 2.75) is 26.3 Å². The van der Waals surface area contributed by atoms with E-state index in [1.807, 2.05) is 6.07 Å². The van der Waals surface area contributed by atoms with E-state index in [0.29, 0.717) is 5.92 Å². The first-order valence-corrected chi connectivity index (χ1v) is 5.18. The largest absolute Gasteiger partial charge is 0.495 e. The third-order valence-electron chi connectivity index (χ3n) is 2.76. The van der Waals surface area contributed by atoms with Crippen molar-refractivity contribution in [1.29, 1.82) is 0 Å². The van der Waals surface area contributed by atoms with Gasteiger partial charge in [-0.1, -0.05) is 20.3 Å². The third-order valence-corrected chi connectivity index (χ3v) is 2.76. The zero-order valence-corrected chi connectivity index (χ0v) is 9.53. The smallest absolute Gasteiger partial charge is 0.141 e. The first kappa shape index (κ1) is 11.9. The molecule has 0 aliphatic rings. The highest BCUT2D eigenvalue weighted by molar-refractivity contribution is 5.33. The van der Waals surface area contributed by atoms with Gasteiger partial charge >= 0.3 is 0 Å². The van der Waals surface area contributed by atoms with E-state index in [9.17, 15) is 0 Å². The molecule has 3 N–H and O–H groups in total. The fourth-order valence-corrected chi connectivity index (χ4v) is 1.61. The van der Waals surface area contributed by atoms with Crippen molar-refractivity contribution in [3.63, 3.8) is 0 Å². The van der Waals surface area contributed by atoms with Crippen LogP contribution < -0.4 is 16.0 Å². The summed E-state index contributed by atoms with van der Waals surface area (Å²) in [6.45, 7) is 4.30. The van der Waals surface area contributed by atoms with Crippen LogP contribution in [0.15, 0.2) is 18.5 Å². The lowest BCUT2D eigenvalue weighted by molar-refractivity contribution is 0.353. The summed E-state index contributed by atoms with van der Waals surface area (Å²) in [6, 6.07) is 2.04. The normalized spacial score (nSPS) is 14.7. The Hall–Kier alpha value is -1.13. The second kappa shape index (κ2) is 5.68. The molecular formula is C11H19N3O. The number of hydrogen-bond acceptors (Lipinski definition) is 4. The van der Waals surface area contributed by atoms with Crippen LogP contribution in [0.4, 0.5) is 0 Å². The Morgan fingerprint density at radius 3 is 2.87 bits per heavy atom. The molecule has 1 aromatic rings. The molecule has 0 aliphatic heterocycles. The maximum absolute atomic E-state index is 5.58. The summed E-state index contributed by atoms with van der Waals surface area (Å²) in [5.74, 6) is 6.81. The summed E-state index contributed by atoms with van der Waals surface area (Å²) >= 11 is 0. The molecule has 0 aliphatic carbocycles. The van der Waals surface area contributed by atoms with E-state index in [-0.39, 0.29) is 6.04 Å². The van der Waals surface area contributed by atoms with Crippen molar-refractivity contribution >= 4 is 0 Å². The Balaban J connectivity index is 3.00. The minimum atomic E-state index is 0.105. The molecule has 15 heavy (non-hydrogen) atoms. The molecule has 0 amide bonds. The Labute approximate surface area is 90.8 Å². The molecule has 4 nitrogen and oxygen atoms in total. The van der Waals surface area contributed by atoms with Crippen LogP contribution in [0.2, 0.25) is 0 Å². The Kier molecular flexibility index (Phi) is 4.52. The van der Waals surface area contributed by atoms with Crippen molar-refractivity contribution in [1.82, 2.24) is 10.4 Å². The second-order valence-corrected chi connectivity index (χ2v) is 3.65. The van der Waals surface area contributed by atoms with Gasteiger partial charge in [-0.15, -0.1) is 0 Å². The lowest BCUT2D eigenvalue weighted by Gasteiger charge is -2.23. The molecule has 4 heteroatoms. The molecule has 2 unspecified atom stereocenters. The predicted octanol–water partition coefficient (Wildman–Crippen LogP) is 1.64. The monoisotopic (exact) mass is 209 g/mol. The van der Waals surface area contributed by atoms with Crippen LogP contribution in [0.25, 0.3) is 0 Å². The lowest BCUT2D eigenvalue weighted by Crippen LogP contribution is -2.32. The van der Waals surface area contributed by atoms with Crippen molar-refractivity contribution in [2.75, 3.05) is 7.11 Å². The molecule has 0 radical (unpaired) electrons. The van der Waals surface area contributed by atoms with Crippen LogP contribution in [0.3, 0.4) is 0 Å². The van der Waals surface area contributed by atoms with E-state index in [1.165, 1.54) is 0 Å². The molecule has 2 atom stereocenters. The number of aromatic nitrogens is 1. The Bertz CT molecular complexity index is 304. The van der Waals surface area contributed by atoms with Crippen molar-refractivity contribution < 1.29 is 4.74 Å². The SMILES string of the molecule is CCC(C)C(NN)c1ccncc1OC. The fraction of sp³-hybridized carbons (Fsp3) is 0.545. The van der Waals surface area contributed by atoms with Gasteiger partial charge in [0.2, 0.25) is 0 Å². The van der Waals surface area contributed by atoms with Gasteiger partial charge in [0.1, 0.15) is 5.75 Å². The van der Waals surface area contributed by atoms with Crippen LogP contribution in [-0.2, 0) is 0 Å². The fourth-order valence-electron chi connectivity index (χ4n) is 1.61. The van der Waals surface area contributed by atoms with E-state index in [4.69, 9.17) is 10.6 Å². The number of nitrogens with one attached hydrogen (secondary N) is 1. The van der Waals surface area contributed by atoms with Crippen LogP contribution in [0, 0.1) is 5.92 Å². The van der Waals surface area contributed by atoms with Gasteiger partial charge < -0.3 is 4.74 Å². The number of rotatable bonds is 5. The van der Waals surface area contributed by atoms with Gasteiger partial charge in [-0.2, -0.15) is 0 Å². The molecule has 0 aromatic carbocycles. The highest BCUT2D eigenvalue weighted by atomic mass is 16.5. The molecule has 1 aromatic heterocycles. The molecule has 0 saturated heterocycles. The molecule has 0 spiro atoms. The number of hydrogen-bond donors (Lipinski definition) is 2. The zero-order chi connectivity index (χ0) is 11.3. The van der Waals surface area contributed by atoms with E-state index in [1.54, 1.807) is 19.5 Å². The number of pyridine rings is 1. The average molecular weight is 209 g/mol. The number of methoxy groups -OCH3 is 1. The molecule has 0 saturated carbocycles. The maximum atomic E-state index is 5.58. The standard InChI is InChI=1S/C11H19N3O/c1-4-8(2)11(14-12)9-5-6-13-7-10(9)15-3/h5-8,11,14H,4,12H2,1-3H3. The summed E-state index contributed by atoms with van der Waals surface area (Å²) in [5, 5.41) is 0. The third kappa shape index (κ3) is 2.67. The van der Waals surface area contributed by atoms with Crippen molar-refractivity contribution in [2.24, 2.45) is 11.8 Å². The minimum Gasteiger partial charge on any atom is -0.495 e. The molecule has 0 fully saturated rings. The Morgan fingerprint density at radius 1 is 1.60 bits per heavy atom. The molecular weight excluding hydrogens is 190 g/mol. The number of hydrazine groups is 1. The number of ether oxygens (including phenoxy) is 1. The lowest BCUT2D eigenvalue weighted by atomic mass is 9.93. The molecule has 84 valence electrons. The van der Waals surface area contributed by atoms with Gasteiger partial charge in [0.25, 0.3) is 0 Å². The van der Waals surface area contributed by atoms with Gasteiger partial charge in [-0.3, -0.25) is 16.3 Å². The van der Waals surface area contributed by atoms with Gasteiger partial charge in [0, 0.05) is 11.8 Å². The van der Waals surface area contributed by atoms with Crippen LogP contribution in [0.5, 0.6) is 5.75 Å². The van der Waals surface area contributed by atoms with Gasteiger partial charge in [-0.25, -0.2) is 0 Å². The first-order valence-electron chi connectivity index (χ1n) is 5.18. The Morgan fingerprint density at radius 2 is 2.33 bits per heavy atom. The quantitative estimate of drug-likeness (QED) is 0.571. The first-order chi connectivity index (χ1) is 7.24. The van der Waals surface area contributed by atoms with Crippen molar-refractivity contribution in [3.8, 4) is 5.75 Å². The van der Waals surface area contributed by atoms with Crippen molar-refractivity contribution in [3.05, 3.63) is 24.0 Å². The van der Waals surface area contributed by atoms with Crippen LogP contribution >= 0.6 is 0 Å². The summed E-state index contributed by atoms with van der Waals surface area (Å²) in [5.41, 5.74) is 3.90. The number of nitrogens with zero attached hydrogens (tertiary/aromatic N) is 1. The molecule has 1 heterocycles. The average Bonchev–Trinajstić information content (AvgIpc) is 2.30. The highest BCUT2D eigenvalue weighted by Crippen LogP contribution is 2.29. The summed E-state index contributed by atoms with van der Waals surface area (Å²) in [6.07, 6.45) is 4.52. The summed E-state index contributed by atoms with van der Waals surface area (Å²) in [7, 11) is 1.64. The summed E-state index contributed by atoms with van der Waals surface area (Å²) in [4.78, 5) is 4.02. The topological polar surface area (TPSA) is 60.2 Å². The second-order valence-electron chi connectivity index (χ2n) is 3.65. The van der Waals surface area contributed by atoms with Gasteiger partial charge in [0.15, 0.2) is 0 Å². The molecule has 1 rings (SSSR count). The van der Waals surface area contributed by atoms with Crippen LogP contribution in [0.1, 0.15) is 31.9 Å². The highest BCUT2D eigenvalue weighted by Gasteiger charge is 2.19.